The number of hydrogen-bond donors (Lipinski definition) is 0. The summed E-state index contributed by atoms with van der Waals surface area (Å²) in [7, 11) is -0.816. The lowest BCUT2D eigenvalue weighted by atomic mass is 10.1. The molecule has 4 nitrogen and oxygen atoms in total. The molecule has 1 aromatic heterocycles. The Balaban J connectivity index is 1.60. The number of benzene rings is 1. The van der Waals surface area contributed by atoms with E-state index in [-0.39, 0.29) is 17.8 Å². The van der Waals surface area contributed by atoms with Crippen molar-refractivity contribution in [2.75, 3.05) is 18.1 Å². The number of rotatable bonds is 4. The first-order valence-corrected chi connectivity index (χ1v) is 9.51. The summed E-state index contributed by atoms with van der Waals surface area (Å²) in [6.07, 6.45) is 0.806. The minimum Gasteiger partial charge on any atom is -0.461 e. The Morgan fingerprint density at radius 1 is 1.33 bits per heavy atom. The summed E-state index contributed by atoms with van der Waals surface area (Å²) in [6, 6.07) is 9.97. The van der Waals surface area contributed by atoms with Crippen LogP contribution in [-0.2, 0) is 22.0 Å². The van der Waals surface area contributed by atoms with Crippen LogP contribution in [0.5, 0.6) is 0 Å². The highest BCUT2D eigenvalue weighted by molar-refractivity contribution is 7.85. The molecule has 1 aliphatic rings. The Morgan fingerprint density at radius 2 is 2.12 bits per heavy atom. The zero-order chi connectivity index (χ0) is 17.1. The SMILES string of the molecule is C[C@H]1C[S@@](=O)CCN1C(=O)CCc1ccc(-c2ccccc2F)o1. The minimum atomic E-state index is -0.816. The molecule has 1 aliphatic heterocycles. The number of aryl methyl sites for hydroxylation is 1. The van der Waals surface area contributed by atoms with E-state index < -0.39 is 10.8 Å². The van der Waals surface area contributed by atoms with E-state index in [4.69, 9.17) is 4.42 Å². The molecule has 0 aliphatic carbocycles. The Labute approximate surface area is 143 Å². The highest BCUT2D eigenvalue weighted by Crippen LogP contribution is 2.25. The summed E-state index contributed by atoms with van der Waals surface area (Å²) >= 11 is 0. The molecule has 0 saturated carbocycles. The van der Waals surface area contributed by atoms with Crippen molar-refractivity contribution in [2.45, 2.75) is 25.8 Å². The molecule has 2 heterocycles. The predicted molar refractivity (Wildman–Crippen MR) is 91.5 cm³/mol. The molecule has 0 N–H and O–H groups in total. The lowest BCUT2D eigenvalue weighted by Gasteiger charge is -2.32. The fourth-order valence-electron chi connectivity index (χ4n) is 2.93. The van der Waals surface area contributed by atoms with E-state index in [0.29, 0.717) is 48.0 Å². The van der Waals surface area contributed by atoms with Crippen molar-refractivity contribution < 1.29 is 17.8 Å². The van der Waals surface area contributed by atoms with E-state index in [1.54, 1.807) is 35.2 Å². The second-order valence-electron chi connectivity index (χ2n) is 5.99. The number of amides is 1. The molecule has 0 radical (unpaired) electrons. The molecule has 24 heavy (non-hydrogen) atoms. The molecule has 2 aromatic rings. The lowest BCUT2D eigenvalue weighted by molar-refractivity contribution is -0.132. The van der Waals surface area contributed by atoms with E-state index in [2.05, 4.69) is 0 Å². The molecule has 128 valence electrons. The van der Waals surface area contributed by atoms with Gasteiger partial charge in [0.2, 0.25) is 5.91 Å². The van der Waals surface area contributed by atoms with Crippen LogP contribution in [-0.4, -0.2) is 39.1 Å². The van der Waals surface area contributed by atoms with Crippen LogP contribution in [0.25, 0.3) is 11.3 Å². The molecule has 1 saturated heterocycles. The van der Waals surface area contributed by atoms with Crippen LogP contribution in [0.1, 0.15) is 19.1 Å². The summed E-state index contributed by atoms with van der Waals surface area (Å²) in [5.74, 6) is 1.94. The standard InChI is InChI=1S/C18H20FNO3S/c1-13-12-24(22)11-10-20(13)18(21)9-7-14-6-8-17(23-14)15-4-2-3-5-16(15)19/h2-6,8,13H,7,9-12H2,1H3/t13-,24-/m0/s1. The summed E-state index contributed by atoms with van der Waals surface area (Å²) in [5, 5.41) is 0. The Morgan fingerprint density at radius 3 is 2.88 bits per heavy atom. The number of carbonyl (C=O) groups excluding carboxylic acids is 1. The molecule has 1 fully saturated rings. The van der Waals surface area contributed by atoms with Gasteiger partial charge in [0.15, 0.2) is 0 Å². The van der Waals surface area contributed by atoms with Crippen molar-refractivity contribution in [1.29, 1.82) is 0 Å². The summed E-state index contributed by atoms with van der Waals surface area (Å²) in [4.78, 5) is 14.1. The van der Waals surface area contributed by atoms with Crippen LogP contribution >= 0.6 is 0 Å². The van der Waals surface area contributed by atoms with Gasteiger partial charge in [-0.1, -0.05) is 12.1 Å². The van der Waals surface area contributed by atoms with Gasteiger partial charge in [-0.3, -0.25) is 9.00 Å². The van der Waals surface area contributed by atoms with Crippen molar-refractivity contribution in [1.82, 2.24) is 4.90 Å². The van der Waals surface area contributed by atoms with E-state index in [1.165, 1.54) is 6.07 Å². The van der Waals surface area contributed by atoms with E-state index in [9.17, 15) is 13.4 Å². The van der Waals surface area contributed by atoms with Crippen molar-refractivity contribution in [3.8, 4) is 11.3 Å². The Bertz CT molecular complexity index is 758. The third-order valence-electron chi connectivity index (χ3n) is 4.23. The van der Waals surface area contributed by atoms with Gasteiger partial charge in [0.1, 0.15) is 17.3 Å². The van der Waals surface area contributed by atoms with E-state index >= 15 is 0 Å². The van der Waals surface area contributed by atoms with Gasteiger partial charge in [-0.25, -0.2) is 4.39 Å². The van der Waals surface area contributed by atoms with Crippen molar-refractivity contribution in [2.24, 2.45) is 0 Å². The van der Waals surface area contributed by atoms with Crippen LogP contribution in [0.4, 0.5) is 4.39 Å². The number of carbonyl (C=O) groups is 1. The van der Waals surface area contributed by atoms with Gasteiger partial charge in [0.05, 0.1) is 5.56 Å². The van der Waals surface area contributed by atoms with Gasteiger partial charge < -0.3 is 9.32 Å². The zero-order valence-electron chi connectivity index (χ0n) is 13.5. The Hall–Kier alpha value is -1.95. The van der Waals surface area contributed by atoms with Gasteiger partial charge >= 0.3 is 0 Å². The number of halogens is 1. The lowest BCUT2D eigenvalue weighted by Crippen LogP contribution is -2.48. The first kappa shape index (κ1) is 16.9. The zero-order valence-corrected chi connectivity index (χ0v) is 14.4. The predicted octanol–water partition coefficient (Wildman–Crippen LogP) is 3.00. The Kier molecular flexibility index (Phi) is 5.14. The third-order valence-corrected chi connectivity index (χ3v) is 5.72. The summed E-state index contributed by atoms with van der Waals surface area (Å²) in [6.45, 7) is 2.48. The van der Waals surface area contributed by atoms with Gasteiger partial charge in [0.25, 0.3) is 0 Å². The fraction of sp³-hybridized carbons (Fsp3) is 0.389. The quantitative estimate of drug-likeness (QED) is 0.853. The molecule has 0 spiro atoms. The second kappa shape index (κ2) is 7.30. The van der Waals surface area contributed by atoms with Crippen molar-refractivity contribution >= 4 is 16.7 Å². The van der Waals surface area contributed by atoms with Crippen LogP contribution in [0, 0.1) is 5.82 Å². The maximum absolute atomic E-state index is 13.8. The molecule has 6 heteroatoms. The highest BCUT2D eigenvalue weighted by Gasteiger charge is 2.26. The molecule has 0 unspecified atom stereocenters. The molecule has 1 amide bonds. The average Bonchev–Trinajstić information content (AvgIpc) is 3.02. The first-order valence-electron chi connectivity index (χ1n) is 8.02. The monoisotopic (exact) mass is 349 g/mol. The smallest absolute Gasteiger partial charge is 0.223 e. The number of furan rings is 1. The molecular formula is C18H20FNO3S. The van der Waals surface area contributed by atoms with Gasteiger partial charge in [-0.05, 0) is 31.2 Å². The maximum atomic E-state index is 13.8. The summed E-state index contributed by atoms with van der Waals surface area (Å²) in [5.41, 5.74) is 0.419. The van der Waals surface area contributed by atoms with Crippen LogP contribution in [0.2, 0.25) is 0 Å². The largest absolute Gasteiger partial charge is 0.461 e. The maximum Gasteiger partial charge on any atom is 0.223 e. The van der Waals surface area contributed by atoms with Gasteiger partial charge in [-0.15, -0.1) is 0 Å². The molecular weight excluding hydrogens is 329 g/mol. The molecule has 3 rings (SSSR count). The van der Waals surface area contributed by atoms with Gasteiger partial charge in [0, 0.05) is 47.7 Å². The van der Waals surface area contributed by atoms with Crippen LogP contribution in [0.3, 0.4) is 0 Å². The fourth-order valence-corrected chi connectivity index (χ4v) is 4.21. The van der Waals surface area contributed by atoms with Crippen molar-refractivity contribution in [3.05, 3.63) is 48.0 Å². The van der Waals surface area contributed by atoms with E-state index in [1.807, 2.05) is 6.92 Å². The topological polar surface area (TPSA) is 50.5 Å². The number of nitrogens with zero attached hydrogens (tertiary/aromatic N) is 1. The second-order valence-corrected chi connectivity index (χ2v) is 7.61. The number of hydrogen-bond acceptors (Lipinski definition) is 3. The normalized spacial score (nSPS) is 21.0. The average molecular weight is 349 g/mol. The molecule has 2 atom stereocenters. The van der Waals surface area contributed by atoms with Crippen LogP contribution in [0.15, 0.2) is 40.8 Å². The van der Waals surface area contributed by atoms with Crippen LogP contribution < -0.4 is 0 Å². The first-order chi connectivity index (χ1) is 11.5. The molecule has 0 bridgehead atoms. The third kappa shape index (κ3) is 3.75. The highest BCUT2D eigenvalue weighted by atomic mass is 32.2. The van der Waals surface area contributed by atoms with Gasteiger partial charge in [-0.2, -0.15) is 0 Å². The summed E-state index contributed by atoms with van der Waals surface area (Å²) < 4.78 is 31.0. The van der Waals surface area contributed by atoms with E-state index in [0.717, 1.165) is 0 Å². The molecule has 1 aromatic carbocycles. The minimum absolute atomic E-state index is 0.0117. The van der Waals surface area contributed by atoms with Crippen molar-refractivity contribution in [3.63, 3.8) is 0 Å².